The van der Waals surface area contributed by atoms with Gasteiger partial charge in [0.2, 0.25) is 5.91 Å². The van der Waals surface area contributed by atoms with Crippen molar-refractivity contribution in [2.75, 3.05) is 19.8 Å². The topological polar surface area (TPSA) is 85.9 Å². The maximum atomic E-state index is 12.5. The molecule has 0 aliphatic heterocycles. The summed E-state index contributed by atoms with van der Waals surface area (Å²) in [5.74, 6) is 1.23. The fourth-order valence-corrected chi connectivity index (χ4v) is 2.94. The van der Waals surface area contributed by atoms with Gasteiger partial charge in [0, 0.05) is 5.56 Å². The molecule has 1 unspecified atom stereocenters. The lowest BCUT2D eigenvalue weighted by Crippen LogP contribution is -2.38. The fraction of sp³-hybridized carbons (Fsp3) is 0.417. The largest absolute Gasteiger partial charge is 0.491 e. The zero-order valence-electron chi connectivity index (χ0n) is 18.9. The Morgan fingerprint density at radius 2 is 1.55 bits per heavy atom. The Bertz CT molecular complexity index is 865. The number of ether oxygens (including phenoxy) is 3. The van der Waals surface area contributed by atoms with Crippen molar-refractivity contribution in [1.29, 1.82) is 0 Å². The number of nitrogens with one attached hydrogen (secondary N) is 2. The van der Waals surface area contributed by atoms with Gasteiger partial charge in [-0.25, -0.2) is 0 Å². The second-order valence-electron chi connectivity index (χ2n) is 7.24. The highest BCUT2D eigenvalue weighted by Crippen LogP contribution is 2.28. The van der Waals surface area contributed by atoms with Gasteiger partial charge in [0.05, 0.1) is 31.9 Å². The minimum absolute atomic E-state index is 0.103. The summed E-state index contributed by atoms with van der Waals surface area (Å²) in [4.78, 5) is 24.7. The highest BCUT2D eigenvalue weighted by molar-refractivity contribution is 5.97. The molecule has 0 aromatic heterocycles. The van der Waals surface area contributed by atoms with Crippen molar-refractivity contribution < 1.29 is 23.8 Å². The molecule has 2 aromatic rings. The third-order valence-electron chi connectivity index (χ3n) is 4.34. The van der Waals surface area contributed by atoms with Crippen molar-refractivity contribution in [2.24, 2.45) is 0 Å². The fourth-order valence-electron chi connectivity index (χ4n) is 2.94. The zero-order valence-corrected chi connectivity index (χ0v) is 18.9. The molecule has 0 spiro atoms. The van der Waals surface area contributed by atoms with Crippen LogP contribution >= 0.6 is 0 Å². The predicted molar refractivity (Wildman–Crippen MR) is 120 cm³/mol. The van der Waals surface area contributed by atoms with E-state index >= 15 is 0 Å². The molecule has 168 valence electrons. The van der Waals surface area contributed by atoms with Crippen LogP contribution in [-0.2, 0) is 4.79 Å². The third kappa shape index (κ3) is 7.51. The Labute approximate surface area is 184 Å². The summed E-state index contributed by atoms with van der Waals surface area (Å²) in [7, 11) is 0. The number of carbonyl (C=O) groups is 2. The summed E-state index contributed by atoms with van der Waals surface area (Å²) < 4.78 is 16.7. The minimum atomic E-state index is -0.359. The standard InChI is InChI=1S/C24H32N2O5/c1-6-29-21-13-10-19(14-22(21)30-7-2)24(28)25-15-23(27)26-17(5)18-8-11-20(12-9-18)31-16(3)4/h8-14,16-17H,6-7,15H2,1-5H3,(H,25,28)(H,26,27). The van der Waals surface area contributed by atoms with Crippen molar-refractivity contribution in [3.05, 3.63) is 53.6 Å². The maximum Gasteiger partial charge on any atom is 0.251 e. The van der Waals surface area contributed by atoms with Crippen molar-refractivity contribution in [2.45, 2.75) is 46.8 Å². The van der Waals surface area contributed by atoms with Crippen LogP contribution in [0.2, 0.25) is 0 Å². The molecule has 2 rings (SSSR count). The lowest BCUT2D eigenvalue weighted by molar-refractivity contribution is -0.120. The van der Waals surface area contributed by atoms with Gasteiger partial charge in [0.15, 0.2) is 11.5 Å². The molecule has 2 aromatic carbocycles. The van der Waals surface area contributed by atoms with E-state index in [9.17, 15) is 9.59 Å². The van der Waals surface area contributed by atoms with Crippen LogP contribution < -0.4 is 24.8 Å². The molecule has 0 aliphatic carbocycles. The predicted octanol–water partition coefficient (Wildman–Crippen LogP) is 3.88. The van der Waals surface area contributed by atoms with Crippen LogP contribution in [-0.4, -0.2) is 37.7 Å². The number of carbonyl (C=O) groups excluding carboxylic acids is 2. The molecular weight excluding hydrogens is 396 g/mol. The van der Waals surface area contributed by atoms with Crippen LogP contribution in [0.15, 0.2) is 42.5 Å². The summed E-state index contributed by atoms with van der Waals surface area (Å²) in [6, 6.07) is 12.3. The first-order valence-corrected chi connectivity index (χ1v) is 10.6. The van der Waals surface area contributed by atoms with Crippen LogP contribution in [0.1, 0.15) is 56.6 Å². The lowest BCUT2D eigenvalue weighted by Gasteiger charge is -2.16. The summed E-state index contributed by atoms with van der Waals surface area (Å²) in [5, 5.41) is 5.52. The van der Waals surface area contributed by atoms with Gasteiger partial charge in [-0.1, -0.05) is 12.1 Å². The molecule has 0 fully saturated rings. The van der Waals surface area contributed by atoms with Gasteiger partial charge >= 0.3 is 0 Å². The van der Waals surface area contributed by atoms with Crippen molar-refractivity contribution in [3.63, 3.8) is 0 Å². The highest BCUT2D eigenvalue weighted by atomic mass is 16.5. The Morgan fingerprint density at radius 1 is 0.903 bits per heavy atom. The SMILES string of the molecule is CCOc1ccc(C(=O)NCC(=O)NC(C)c2ccc(OC(C)C)cc2)cc1OCC. The second-order valence-corrected chi connectivity index (χ2v) is 7.24. The van der Waals surface area contributed by atoms with Gasteiger partial charge in [-0.3, -0.25) is 9.59 Å². The summed E-state index contributed by atoms with van der Waals surface area (Å²) in [6.07, 6.45) is 0.103. The Hall–Kier alpha value is -3.22. The molecule has 1 atom stereocenters. The van der Waals surface area contributed by atoms with Crippen LogP contribution in [0.3, 0.4) is 0 Å². The first-order valence-electron chi connectivity index (χ1n) is 10.6. The van der Waals surface area contributed by atoms with E-state index in [0.717, 1.165) is 11.3 Å². The smallest absolute Gasteiger partial charge is 0.251 e. The molecule has 0 heterocycles. The highest BCUT2D eigenvalue weighted by Gasteiger charge is 2.14. The average Bonchev–Trinajstić information content (AvgIpc) is 2.73. The van der Waals surface area contributed by atoms with E-state index in [0.29, 0.717) is 30.3 Å². The molecule has 31 heavy (non-hydrogen) atoms. The normalized spacial score (nSPS) is 11.5. The van der Waals surface area contributed by atoms with E-state index in [1.165, 1.54) is 0 Å². The Kier molecular flexibility index (Phi) is 9.18. The third-order valence-corrected chi connectivity index (χ3v) is 4.34. The molecule has 7 nitrogen and oxygen atoms in total. The Morgan fingerprint density at radius 3 is 2.16 bits per heavy atom. The summed E-state index contributed by atoms with van der Waals surface area (Å²) in [6.45, 7) is 10.4. The van der Waals surface area contributed by atoms with Crippen LogP contribution in [0, 0.1) is 0 Å². The van der Waals surface area contributed by atoms with Gasteiger partial charge in [-0.15, -0.1) is 0 Å². The number of hydrogen-bond acceptors (Lipinski definition) is 5. The van der Waals surface area contributed by atoms with Crippen LogP contribution in [0.25, 0.3) is 0 Å². The number of amides is 2. The van der Waals surface area contributed by atoms with Gasteiger partial charge in [0.1, 0.15) is 5.75 Å². The summed E-state index contributed by atoms with van der Waals surface area (Å²) >= 11 is 0. The van der Waals surface area contributed by atoms with E-state index in [1.54, 1.807) is 18.2 Å². The van der Waals surface area contributed by atoms with E-state index < -0.39 is 0 Å². The van der Waals surface area contributed by atoms with Crippen LogP contribution in [0.4, 0.5) is 0 Å². The molecule has 0 saturated carbocycles. The molecule has 0 aliphatic rings. The second kappa shape index (κ2) is 11.8. The maximum absolute atomic E-state index is 12.5. The Balaban J connectivity index is 1.90. The summed E-state index contributed by atoms with van der Waals surface area (Å²) in [5.41, 5.74) is 1.34. The van der Waals surface area contributed by atoms with Crippen molar-refractivity contribution >= 4 is 11.8 Å². The quantitative estimate of drug-likeness (QED) is 0.567. The molecule has 2 N–H and O–H groups in total. The van der Waals surface area contributed by atoms with E-state index in [1.807, 2.05) is 58.9 Å². The van der Waals surface area contributed by atoms with E-state index in [-0.39, 0.29) is 30.5 Å². The molecule has 2 amide bonds. The zero-order chi connectivity index (χ0) is 22.8. The van der Waals surface area contributed by atoms with Gasteiger partial charge in [0.25, 0.3) is 5.91 Å². The first kappa shape index (κ1) is 24.1. The van der Waals surface area contributed by atoms with Crippen molar-refractivity contribution in [3.8, 4) is 17.2 Å². The molecule has 0 radical (unpaired) electrons. The van der Waals surface area contributed by atoms with Gasteiger partial charge in [-0.05, 0) is 70.5 Å². The molecule has 0 bridgehead atoms. The van der Waals surface area contributed by atoms with Gasteiger partial charge in [-0.2, -0.15) is 0 Å². The number of hydrogen-bond donors (Lipinski definition) is 2. The minimum Gasteiger partial charge on any atom is -0.491 e. The van der Waals surface area contributed by atoms with E-state index in [4.69, 9.17) is 14.2 Å². The first-order chi connectivity index (χ1) is 14.8. The average molecular weight is 429 g/mol. The lowest BCUT2D eigenvalue weighted by atomic mass is 10.1. The molecule has 0 saturated heterocycles. The van der Waals surface area contributed by atoms with E-state index in [2.05, 4.69) is 10.6 Å². The number of rotatable bonds is 11. The van der Waals surface area contributed by atoms with Crippen LogP contribution in [0.5, 0.6) is 17.2 Å². The molecular formula is C24H32N2O5. The molecule has 7 heteroatoms. The number of benzene rings is 2. The monoisotopic (exact) mass is 428 g/mol. The van der Waals surface area contributed by atoms with Crippen molar-refractivity contribution in [1.82, 2.24) is 10.6 Å². The van der Waals surface area contributed by atoms with Gasteiger partial charge < -0.3 is 24.8 Å².